The van der Waals surface area contributed by atoms with Crippen LogP contribution in [0.25, 0.3) is 5.69 Å². The van der Waals surface area contributed by atoms with Crippen LogP contribution in [0.5, 0.6) is 0 Å². The standard InChI is InChI=1S/C15H19N3O2/c1-2-6-13(19)11-16-15(20)14-9-10-18(17-14)12-7-4-3-5-8-12/h3-5,7-10,13,19H,2,6,11H2,1H3,(H,16,20). The number of amides is 1. The zero-order valence-corrected chi connectivity index (χ0v) is 11.5. The minimum absolute atomic E-state index is 0.255. The summed E-state index contributed by atoms with van der Waals surface area (Å²) in [5.41, 5.74) is 1.25. The number of nitrogens with zero attached hydrogens (tertiary/aromatic N) is 2. The van der Waals surface area contributed by atoms with Gasteiger partial charge >= 0.3 is 0 Å². The zero-order chi connectivity index (χ0) is 14.4. The lowest BCUT2D eigenvalue weighted by Crippen LogP contribution is -2.32. The summed E-state index contributed by atoms with van der Waals surface area (Å²) in [5.74, 6) is -0.269. The van der Waals surface area contributed by atoms with Gasteiger partial charge in [0.25, 0.3) is 5.91 Å². The van der Waals surface area contributed by atoms with Crippen molar-refractivity contribution in [2.24, 2.45) is 0 Å². The molecule has 1 aromatic carbocycles. The molecule has 2 aromatic rings. The first-order chi connectivity index (χ1) is 9.70. The lowest BCUT2D eigenvalue weighted by atomic mass is 10.2. The summed E-state index contributed by atoms with van der Waals surface area (Å²) in [7, 11) is 0. The van der Waals surface area contributed by atoms with Gasteiger partial charge in [-0.25, -0.2) is 4.68 Å². The number of aliphatic hydroxyl groups is 1. The fourth-order valence-corrected chi connectivity index (χ4v) is 1.91. The van der Waals surface area contributed by atoms with Gasteiger partial charge < -0.3 is 10.4 Å². The van der Waals surface area contributed by atoms with E-state index < -0.39 is 6.10 Å². The van der Waals surface area contributed by atoms with E-state index in [1.54, 1.807) is 16.9 Å². The Morgan fingerprint density at radius 2 is 2.10 bits per heavy atom. The number of rotatable bonds is 6. The van der Waals surface area contributed by atoms with E-state index in [9.17, 15) is 9.90 Å². The van der Waals surface area contributed by atoms with Gasteiger partial charge in [0.05, 0.1) is 11.8 Å². The largest absolute Gasteiger partial charge is 0.391 e. The highest BCUT2D eigenvalue weighted by Crippen LogP contribution is 2.06. The van der Waals surface area contributed by atoms with Crippen LogP contribution in [-0.2, 0) is 0 Å². The summed E-state index contributed by atoms with van der Waals surface area (Å²) in [4.78, 5) is 11.9. The first kappa shape index (κ1) is 14.3. The highest BCUT2D eigenvalue weighted by Gasteiger charge is 2.11. The zero-order valence-electron chi connectivity index (χ0n) is 11.5. The number of hydrogen-bond acceptors (Lipinski definition) is 3. The van der Waals surface area contributed by atoms with Gasteiger partial charge in [0.1, 0.15) is 0 Å². The molecule has 0 bridgehead atoms. The molecule has 5 heteroatoms. The quantitative estimate of drug-likeness (QED) is 0.842. The van der Waals surface area contributed by atoms with Crippen LogP contribution < -0.4 is 5.32 Å². The van der Waals surface area contributed by atoms with Crippen molar-refractivity contribution in [1.82, 2.24) is 15.1 Å². The Labute approximate surface area is 118 Å². The summed E-state index contributed by atoms with van der Waals surface area (Å²) in [6, 6.07) is 11.2. The molecule has 1 amide bonds. The number of aliphatic hydroxyl groups excluding tert-OH is 1. The van der Waals surface area contributed by atoms with Crippen LogP contribution >= 0.6 is 0 Å². The van der Waals surface area contributed by atoms with E-state index in [0.29, 0.717) is 12.1 Å². The fourth-order valence-electron chi connectivity index (χ4n) is 1.91. The molecule has 5 nitrogen and oxygen atoms in total. The molecule has 0 aliphatic carbocycles. The van der Waals surface area contributed by atoms with Gasteiger partial charge in [0.2, 0.25) is 0 Å². The predicted molar refractivity (Wildman–Crippen MR) is 76.8 cm³/mol. The Morgan fingerprint density at radius 3 is 2.80 bits per heavy atom. The summed E-state index contributed by atoms with van der Waals surface area (Å²) >= 11 is 0. The maximum absolute atomic E-state index is 11.9. The van der Waals surface area contributed by atoms with Crippen molar-refractivity contribution in [2.75, 3.05) is 6.54 Å². The molecular formula is C15H19N3O2. The van der Waals surface area contributed by atoms with Crippen molar-refractivity contribution in [3.8, 4) is 5.69 Å². The molecule has 0 spiro atoms. The molecule has 1 heterocycles. The Bertz CT molecular complexity index is 551. The first-order valence-electron chi connectivity index (χ1n) is 6.78. The molecule has 0 aliphatic rings. The van der Waals surface area contributed by atoms with Crippen LogP contribution in [0, 0.1) is 0 Å². The number of para-hydroxylation sites is 1. The average molecular weight is 273 g/mol. The predicted octanol–water partition coefficient (Wildman–Crippen LogP) is 1.76. The van der Waals surface area contributed by atoms with Gasteiger partial charge in [0.15, 0.2) is 5.69 Å². The van der Waals surface area contributed by atoms with Crippen molar-refractivity contribution in [3.63, 3.8) is 0 Å². The van der Waals surface area contributed by atoms with Gasteiger partial charge in [-0.2, -0.15) is 5.10 Å². The number of nitrogens with one attached hydrogen (secondary N) is 1. The molecule has 2 rings (SSSR count). The second-order valence-electron chi connectivity index (χ2n) is 4.63. The monoisotopic (exact) mass is 273 g/mol. The van der Waals surface area contributed by atoms with Crippen LogP contribution in [0.2, 0.25) is 0 Å². The van der Waals surface area contributed by atoms with Crippen molar-refractivity contribution in [3.05, 3.63) is 48.3 Å². The van der Waals surface area contributed by atoms with E-state index in [4.69, 9.17) is 0 Å². The Kier molecular flexibility index (Phi) is 4.90. The molecule has 20 heavy (non-hydrogen) atoms. The van der Waals surface area contributed by atoms with Crippen LogP contribution in [0.15, 0.2) is 42.6 Å². The molecule has 106 valence electrons. The Morgan fingerprint density at radius 1 is 1.35 bits per heavy atom. The normalized spacial score (nSPS) is 12.1. The van der Waals surface area contributed by atoms with Crippen molar-refractivity contribution in [2.45, 2.75) is 25.9 Å². The third-order valence-electron chi connectivity index (χ3n) is 2.96. The van der Waals surface area contributed by atoms with Crippen LogP contribution in [0.4, 0.5) is 0 Å². The molecule has 1 aromatic heterocycles. The minimum Gasteiger partial charge on any atom is -0.391 e. The maximum Gasteiger partial charge on any atom is 0.271 e. The third kappa shape index (κ3) is 3.68. The van der Waals surface area contributed by atoms with E-state index in [0.717, 1.165) is 12.1 Å². The molecular weight excluding hydrogens is 254 g/mol. The van der Waals surface area contributed by atoms with Gasteiger partial charge in [-0.1, -0.05) is 31.5 Å². The van der Waals surface area contributed by atoms with Gasteiger partial charge in [-0.3, -0.25) is 4.79 Å². The van der Waals surface area contributed by atoms with Gasteiger partial charge in [-0.15, -0.1) is 0 Å². The first-order valence-corrected chi connectivity index (χ1v) is 6.78. The Hall–Kier alpha value is -2.14. The van der Waals surface area contributed by atoms with Crippen LogP contribution in [0.3, 0.4) is 0 Å². The maximum atomic E-state index is 11.9. The van der Waals surface area contributed by atoms with Crippen LogP contribution in [0.1, 0.15) is 30.3 Å². The smallest absolute Gasteiger partial charge is 0.271 e. The lowest BCUT2D eigenvalue weighted by Gasteiger charge is -2.09. The number of carbonyl (C=O) groups excluding carboxylic acids is 1. The number of carbonyl (C=O) groups is 1. The van der Waals surface area contributed by atoms with Crippen molar-refractivity contribution in [1.29, 1.82) is 0 Å². The highest BCUT2D eigenvalue weighted by atomic mass is 16.3. The molecule has 2 N–H and O–H groups in total. The van der Waals surface area contributed by atoms with Gasteiger partial charge in [0, 0.05) is 12.7 Å². The topological polar surface area (TPSA) is 67.2 Å². The number of hydrogen-bond donors (Lipinski definition) is 2. The average Bonchev–Trinajstić information content (AvgIpc) is 2.96. The molecule has 0 aliphatic heterocycles. The van der Waals surface area contributed by atoms with Crippen molar-refractivity contribution >= 4 is 5.91 Å². The molecule has 0 fully saturated rings. The fraction of sp³-hybridized carbons (Fsp3) is 0.333. The van der Waals surface area contributed by atoms with E-state index in [1.165, 1.54) is 0 Å². The molecule has 0 saturated heterocycles. The second kappa shape index (κ2) is 6.86. The van der Waals surface area contributed by atoms with Crippen molar-refractivity contribution < 1.29 is 9.90 Å². The molecule has 1 atom stereocenters. The minimum atomic E-state index is -0.500. The van der Waals surface area contributed by atoms with E-state index in [2.05, 4.69) is 10.4 Å². The molecule has 1 unspecified atom stereocenters. The number of benzene rings is 1. The summed E-state index contributed by atoms with van der Waals surface area (Å²) < 4.78 is 1.65. The van der Waals surface area contributed by atoms with E-state index in [-0.39, 0.29) is 12.5 Å². The Balaban J connectivity index is 1.97. The summed E-state index contributed by atoms with van der Waals surface area (Å²) in [6.45, 7) is 2.25. The molecule has 0 saturated carbocycles. The van der Waals surface area contributed by atoms with Gasteiger partial charge in [-0.05, 0) is 24.6 Å². The SMILES string of the molecule is CCCC(O)CNC(=O)c1ccn(-c2ccccc2)n1. The molecule has 0 radical (unpaired) electrons. The summed E-state index contributed by atoms with van der Waals surface area (Å²) in [5, 5.41) is 16.5. The van der Waals surface area contributed by atoms with E-state index in [1.807, 2.05) is 37.3 Å². The lowest BCUT2D eigenvalue weighted by molar-refractivity contribution is 0.0905. The second-order valence-corrected chi connectivity index (χ2v) is 4.63. The van der Waals surface area contributed by atoms with E-state index >= 15 is 0 Å². The third-order valence-corrected chi connectivity index (χ3v) is 2.96. The summed E-state index contributed by atoms with van der Waals surface area (Å²) in [6.07, 6.45) is 2.81. The van der Waals surface area contributed by atoms with Crippen LogP contribution in [-0.4, -0.2) is 33.4 Å². The number of aromatic nitrogens is 2. The highest BCUT2D eigenvalue weighted by molar-refractivity contribution is 5.92.